The Morgan fingerprint density at radius 2 is 1.30 bits per heavy atom. The van der Waals surface area contributed by atoms with E-state index in [0.29, 0.717) is 0 Å². The number of fused-ring (bicyclic) bond motifs is 4. The SMILES string of the molecule is CC1=CC2C3C=C(C)SC3C([Si](C)(C)C3C(C)CC4C(C(C)C)CC(C(C)C)CC43)C2S1.[CH3-].[CH3-].[Cl][Zr+2][Cl]. The fourth-order valence-corrected chi connectivity index (χ4v) is 20.8. The van der Waals surface area contributed by atoms with E-state index in [0.717, 1.165) is 74.8 Å². The first-order valence-corrected chi connectivity index (χ1v) is 25.3. The van der Waals surface area contributed by atoms with Gasteiger partial charge < -0.3 is 14.9 Å². The molecule has 0 amide bonds. The summed E-state index contributed by atoms with van der Waals surface area (Å²) in [5, 5.41) is 1.75. The van der Waals surface area contributed by atoms with Gasteiger partial charge in [-0.05, 0) is 107 Å². The van der Waals surface area contributed by atoms with Crippen LogP contribution < -0.4 is 0 Å². The van der Waals surface area contributed by atoms with Crippen molar-refractivity contribution in [2.75, 3.05) is 0 Å². The molecule has 3 fully saturated rings. The van der Waals surface area contributed by atoms with Crippen LogP contribution in [0.4, 0.5) is 0 Å². The molecule has 0 bridgehead atoms. The summed E-state index contributed by atoms with van der Waals surface area (Å²) in [7, 11) is 8.39. The molecule has 212 valence electrons. The van der Waals surface area contributed by atoms with Gasteiger partial charge in [-0.1, -0.05) is 59.9 Å². The van der Waals surface area contributed by atoms with Gasteiger partial charge in [0.25, 0.3) is 0 Å². The number of thioether (sulfide) groups is 2. The first-order valence-electron chi connectivity index (χ1n) is 14.1. The maximum atomic E-state index is 4.93. The molecule has 10 atom stereocenters. The first kappa shape index (κ1) is 35.1. The van der Waals surface area contributed by atoms with E-state index in [1.807, 2.05) is 0 Å². The van der Waals surface area contributed by atoms with Crippen molar-refractivity contribution in [2.45, 2.75) is 102 Å². The second-order valence-corrected chi connectivity index (χ2v) is 25.3. The Hall–Kier alpha value is 1.86. The van der Waals surface area contributed by atoms with E-state index in [1.54, 1.807) is 16.2 Å². The summed E-state index contributed by atoms with van der Waals surface area (Å²) in [6.07, 6.45) is 9.94. The molecule has 0 spiro atoms. The summed E-state index contributed by atoms with van der Waals surface area (Å²) in [6.45, 7) is 23.3. The van der Waals surface area contributed by atoms with Gasteiger partial charge in [-0.3, -0.25) is 0 Å². The minimum absolute atomic E-state index is 0. The number of rotatable bonds is 4. The molecule has 6 heteroatoms. The van der Waals surface area contributed by atoms with E-state index in [9.17, 15) is 0 Å². The zero-order chi connectivity index (χ0) is 25.8. The quantitative estimate of drug-likeness (QED) is 0.214. The van der Waals surface area contributed by atoms with Crippen molar-refractivity contribution < 1.29 is 20.8 Å². The zero-order valence-corrected chi connectivity index (χ0v) is 32.0. The van der Waals surface area contributed by atoms with Crippen molar-refractivity contribution in [1.29, 1.82) is 0 Å². The summed E-state index contributed by atoms with van der Waals surface area (Å²) in [5.41, 5.74) is 2.00. The third-order valence-corrected chi connectivity index (χ3v) is 19.3. The molecule has 2 heterocycles. The predicted molar refractivity (Wildman–Crippen MR) is 173 cm³/mol. The van der Waals surface area contributed by atoms with Crippen LogP contribution in [0.2, 0.25) is 24.2 Å². The molecule has 3 saturated carbocycles. The van der Waals surface area contributed by atoms with Crippen LogP contribution in [0.25, 0.3) is 0 Å². The van der Waals surface area contributed by atoms with Crippen molar-refractivity contribution in [1.82, 2.24) is 0 Å². The topological polar surface area (TPSA) is 0 Å². The molecule has 0 radical (unpaired) electrons. The summed E-state index contributed by atoms with van der Waals surface area (Å²) >= 11 is 3.74. The molecule has 0 aromatic carbocycles. The van der Waals surface area contributed by atoms with Gasteiger partial charge in [0.05, 0.1) is 8.07 Å². The second-order valence-electron chi connectivity index (χ2n) is 13.7. The van der Waals surface area contributed by atoms with Gasteiger partial charge in [0.2, 0.25) is 0 Å². The third kappa shape index (κ3) is 6.60. The molecule has 0 saturated heterocycles. The van der Waals surface area contributed by atoms with Crippen molar-refractivity contribution in [2.24, 2.45) is 53.3 Å². The van der Waals surface area contributed by atoms with Gasteiger partial charge in [-0.2, -0.15) is 0 Å². The molecule has 3 aliphatic carbocycles. The average molecular weight is 681 g/mol. The molecule has 0 aromatic heterocycles. The molecule has 5 rings (SSSR count). The van der Waals surface area contributed by atoms with Crippen LogP contribution in [-0.2, 0) is 20.8 Å². The van der Waals surface area contributed by atoms with Crippen LogP contribution in [0.3, 0.4) is 0 Å². The summed E-state index contributed by atoms with van der Waals surface area (Å²) < 4.78 is 0. The fraction of sp³-hybridized carbons (Fsp3) is 0.806. The monoisotopic (exact) mass is 678 g/mol. The maximum absolute atomic E-state index is 4.93. The van der Waals surface area contributed by atoms with Crippen molar-refractivity contribution in [3.8, 4) is 0 Å². The number of allylic oxidation sites excluding steroid dienone is 4. The van der Waals surface area contributed by atoms with E-state index in [-0.39, 0.29) is 14.9 Å². The molecule has 0 nitrogen and oxygen atoms in total. The van der Waals surface area contributed by atoms with Crippen LogP contribution in [0.15, 0.2) is 22.0 Å². The van der Waals surface area contributed by atoms with Gasteiger partial charge in [-0.15, -0.1) is 23.5 Å². The van der Waals surface area contributed by atoms with E-state index in [2.05, 4.69) is 97.2 Å². The van der Waals surface area contributed by atoms with Crippen LogP contribution in [0.1, 0.15) is 67.7 Å². The third-order valence-electron chi connectivity index (χ3n) is 10.9. The molecule has 37 heavy (non-hydrogen) atoms. The number of halogens is 2. The first-order chi connectivity index (χ1) is 16.4. The van der Waals surface area contributed by atoms with Crippen LogP contribution in [0, 0.1) is 68.1 Å². The Balaban J connectivity index is 0.000000919. The predicted octanol–water partition coefficient (Wildman–Crippen LogP) is 11.6. The second kappa shape index (κ2) is 13.9. The molecule has 0 aromatic rings. The molecule has 0 N–H and O–H groups in total. The normalized spacial score (nSPS) is 41.9. The van der Waals surface area contributed by atoms with E-state index in [1.165, 1.54) is 12.8 Å². The van der Waals surface area contributed by atoms with Gasteiger partial charge >= 0.3 is 37.9 Å². The molecule has 10 unspecified atom stereocenters. The molecular weight excluding hydrogens is 627 g/mol. The van der Waals surface area contributed by atoms with Crippen LogP contribution in [0.5, 0.6) is 0 Å². The summed E-state index contributed by atoms with van der Waals surface area (Å²) in [5.74, 6) is 8.24. The fourth-order valence-electron chi connectivity index (χ4n) is 9.76. The standard InChI is InChI=1S/C29H48S2Si.2CH3.2ClH.Zr/c1-15(2)20-13-21(16(3)4)22-10-17(5)28(25(22)14-20)32(8,9)29-26-23(11-18(6)30-26)24-12-19(7)31-27(24)29;;;;;/h11-12,15-17,20-29H,10,13-14H2,1-9H3;2*1H3;2*1H;/q;2*-1;;;+4/p-2. The number of hydrogen-bond donors (Lipinski definition) is 0. The zero-order valence-electron chi connectivity index (χ0n) is 25.4. The van der Waals surface area contributed by atoms with Crippen LogP contribution in [-0.4, -0.2) is 18.6 Å². The Kier molecular flexibility index (Phi) is 13.2. The Morgan fingerprint density at radius 1 is 0.811 bits per heavy atom. The molecular formula is C31H54Cl2S2SiZr. The van der Waals surface area contributed by atoms with Crippen molar-refractivity contribution >= 4 is 48.6 Å². The van der Waals surface area contributed by atoms with E-state index >= 15 is 0 Å². The van der Waals surface area contributed by atoms with Gasteiger partial charge in [0.15, 0.2) is 0 Å². The Bertz CT molecular complexity index is 796. The molecule has 2 aliphatic heterocycles. The van der Waals surface area contributed by atoms with Crippen molar-refractivity contribution in [3.63, 3.8) is 0 Å². The Morgan fingerprint density at radius 3 is 1.73 bits per heavy atom. The van der Waals surface area contributed by atoms with E-state index in [4.69, 9.17) is 17.0 Å². The van der Waals surface area contributed by atoms with Gasteiger partial charge in [0.1, 0.15) is 0 Å². The molecule has 5 aliphatic rings. The van der Waals surface area contributed by atoms with Crippen molar-refractivity contribution in [3.05, 3.63) is 36.8 Å². The van der Waals surface area contributed by atoms with E-state index < -0.39 is 28.9 Å². The van der Waals surface area contributed by atoms with Crippen LogP contribution >= 0.6 is 40.5 Å². The minimum atomic E-state index is -1.48. The summed E-state index contributed by atoms with van der Waals surface area (Å²) in [4.78, 5) is 3.23. The van der Waals surface area contributed by atoms with Gasteiger partial charge in [0, 0.05) is 10.5 Å². The Labute approximate surface area is 259 Å². The van der Waals surface area contributed by atoms with Gasteiger partial charge in [-0.25, -0.2) is 0 Å². The summed E-state index contributed by atoms with van der Waals surface area (Å²) in [6, 6.07) is 0. The average Bonchev–Trinajstić information content (AvgIpc) is 3.45. The number of hydrogen-bond acceptors (Lipinski definition) is 2.